The Morgan fingerprint density at radius 3 is 2.43 bits per heavy atom. The van der Waals surface area contributed by atoms with Gasteiger partial charge in [-0.05, 0) is 44.2 Å². The van der Waals surface area contributed by atoms with Gasteiger partial charge in [0.1, 0.15) is 0 Å². The van der Waals surface area contributed by atoms with Crippen molar-refractivity contribution in [2.24, 2.45) is 11.8 Å². The van der Waals surface area contributed by atoms with Gasteiger partial charge in [0.15, 0.2) is 0 Å². The zero-order chi connectivity index (χ0) is 15.5. The van der Waals surface area contributed by atoms with Crippen molar-refractivity contribution >= 4 is 0 Å². The Morgan fingerprint density at radius 2 is 1.90 bits per heavy atom. The minimum atomic E-state index is 0.356. The fourth-order valence-electron chi connectivity index (χ4n) is 4.27. The first kappa shape index (κ1) is 17.2. The van der Waals surface area contributed by atoms with E-state index in [1.165, 1.54) is 58.5 Å². The van der Waals surface area contributed by atoms with Gasteiger partial charge in [-0.2, -0.15) is 0 Å². The summed E-state index contributed by atoms with van der Waals surface area (Å²) in [6.45, 7) is 19.3. The third kappa shape index (κ3) is 4.00. The molecule has 0 aromatic heterocycles. The first-order chi connectivity index (χ1) is 10.0. The van der Waals surface area contributed by atoms with Crippen molar-refractivity contribution in [3.63, 3.8) is 0 Å². The lowest BCUT2D eigenvalue weighted by Gasteiger charge is -2.49. The molecule has 0 aliphatic carbocycles. The Balaban J connectivity index is 2.01. The van der Waals surface area contributed by atoms with Crippen molar-refractivity contribution in [1.29, 1.82) is 0 Å². The molecule has 0 saturated carbocycles. The minimum Gasteiger partial charge on any atom is -0.308 e. The van der Waals surface area contributed by atoms with Crippen LogP contribution in [0.25, 0.3) is 0 Å². The van der Waals surface area contributed by atoms with Crippen molar-refractivity contribution in [2.75, 3.05) is 39.3 Å². The van der Waals surface area contributed by atoms with E-state index in [9.17, 15) is 0 Å². The van der Waals surface area contributed by atoms with Crippen LogP contribution in [0.4, 0.5) is 0 Å². The number of likely N-dealkylation sites (tertiary alicyclic amines) is 1. The first-order valence-corrected chi connectivity index (χ1v) is 9.25. The summed E-state index contributed by atoms with van der Waals surface area (Å²) < 4.78 is 0. The van der Waals surface area contributed by atoms with Crippen molar-refractivity contribution in [3.8, 4) is 0 Å². The summed E-state index contributed by atoms with van der Waals surface area (Å²) >= 11 is 0. The maximum Gasteiger partial charge on any atom is 0.0304 e. The second-order valence-corrected chi connectivity index (χ2v) is 7.66. The number of hydrogen-bond acceptors (Lipinski definition) is 3. The fourth-order valence-corrected chi connectivity index (χ4v) is 4.27. The molecule has 21 heavy (non-hydrogen) atoms. The quantitative estimate of drug-likeness (QED) is 0.813. The zero-order valence-electron chi connectivity index (χ0n) is 15.0. The maximum absolute atomic E-state index is 3.89. The third-order valence-electron chi connectivity index (χ3n) is 6.09. The van der Waals surface area contributed by atoms with Crippen molar-refractivity contribution < 1.29 is 0 Å². The van der Waals surface area contributed by atoms with E-state index in [0.29, 0.717) is 11.6 Å². The highest BCUT2D eigenvalue weighted by molar-refractivity contribution is 4.98. The largest absolute Gasteiger partial charge is 0.308 e. The predicted molar refractivity (Wildman–Crippen MR) is 91.7 cm³/mol. The molecular formula is C18H37N3. The summed E-state index contributed by atoms with van der Waals surface area (Å²) in [5.41, 5.74) is 0.356. The van der Waals surface area contributed by atoms with Crippen LogP contribution in [-0.2, 0) is 0 Å². The molecular weight excluding hydrogens is 258 g/mol. The maximum atomic E-state index is 3.89. The Labute approximate surface area is 132 Å². The van der Waals surface area contributed by atoms with Gasteiger partial charge in [0.05, 0.1) is 0 Å². The first-order valence-electron chi connectivity index (χ1n) is 9.25. The average molecular weight is 296 g/mol. The summed E-state index contributed by atoms with van der Waals surface area (Å²) in [5, 5.41) is 3.89. The molecule has 0 radical (unpaired) electrons. The Kier molecular flexibility index (Phi) is 6.10. The van der Waals surface area contributed by atoms with Crippen LogP contribution < -0.4 is 5.32 Å². The lowest BCUT2D eigenvalue weighted by atomic mass is 9.85. The van der Waals surface area contributed by atoms with Crippen LogP contribution in [-0.4, -0.2) is 60.6 Å². The smallest absolute Gasteiger partial charge is 0.0304 e. The van der Waals surface area contributed by atoms with Crippen molar-refractivity contribution in [1.82, 2.24) is 15.1 Å². The number of nitrogens with zero attached hydrogens (tertiary/aromatic N) is 2. The van der Waals surface area contributed by atoms with Crippen LogP contribution in [0.5, 0.6) is 0 Å². The SMILES string of the molecule is CCN1CCC(CN2CC(CC)(CC)NCC2C(C)C)C1. The van der Waals surface area contributed by atoms with Crippen LogP contribution in [0.2, 0.25) is 0 Å². The summed E-state index contributed by atoms with van der Waals surface area (Å²) in [5.74, 6) is 1.63. The second-order valence-electron chi connectivity index (χ2n) is 7.66. The van der Waals surface area contributed by atoms with E-state index in [2.05, 4.69) is 49.7 Å². The van der Waals surface area contributed by atoms with E-state index in [1.807, 2.05) is 0 Å². The van der Waals surface area contributed by atoms with Crippen molar-refractivity contribution in [2.45, 2.75) is 65.5 Å². The van der Waals surface area contributed by atoms with Gasteiger partial charge in [-0.25, -0.2) is 0 Å². The van der Waals surface area contributed by atoms with Gasteiger partial charge in [-0.15, -0.1) is 0 Å². The molecule has 2 rings (SSSR count). The van der Waals surface area contributed by atoms with Crippen LogP contribution >= 0.6 is 0 Å². The molecule has 0 spiro atoms. The molecule has 2 unspecified atom stereocenters. The molecule has 1 N–H and O–H groups in total. The van der Waals surface area contributed by atoms with E-state index in [1.54, 1.807) is 0 Å². The highest BCUT2D eigenvalue weighted by atomic mass is 15.3. The van der Waals surface area contributed by atoms with Crippen LogP contribution in [0.1, 0.15) is 53.9 Å². The van der Waals surface area contributed by atoms with E-state index in [-0.39, 0.29) is 0 Å². The number of rotatable bonds is 6. The zero-order valence-corrected chi connectivity index (χ0v) is 15.0. The van der Waals surface area contributed by atoms with E-state index >= 15 is 0 Å². The van der Waals surface area contributed by atoms with E-state index < -0.39 is 0 Å². The lowest BCUT2D eigenvalue weighted by Crippen LogP contribution is -2.65. The van der Waals surface area contributed by atoms with Crippen LogP contribution in [0.15, 0.2) is 0 Å². The summed E-state index contributed by atoms with van der Waals surface area (Å²) in [7, 11) is 0. The van der Waals surface area contributed by atoms with Gasteiger partial charge in [-0.1, -0.05) is 34.6 Å². The molecule has 3 heteroatoms. The predicted octanol–water partition coefficient (Wildman–Crippen LogP) is 2.82. The van der Waals surface area contributed by atoms with Gasteiger partial charge >= 0.3 is 0 Å². The Morgan fingerprint density at radius 1 is 1.19 bits per heavy atom. The van der Waals surface area contributed by atoms with Gasteiger partial charge in [-0.3, -0.25) is 4.90 Å². The summed E-state index contributed by atoms with van der Waals surface area (Å²) in [6, 6.07) is 0.715. The summed E-state index contributed by atoms with van der Waals surface area (Å²) in [6.07, 6.45) is 3.89. The molecule has 2 saturated heterocycles. The van der Waals surface area contributed by atoms with Gasteiger partial charge < -0.3 is 10.2 Å². The minimum absolute atomic E-state index is 0.356. The highest BCUT2D eigenvalue weighted by Gasteiger charge is 2.39. The molecule has 2 aliphatic heterocycles. The number of hydrogen-bond donors (Lipinski definition) is 1. The van der Waals surface area contributed by atoms with E-state index in [4.69, 9.17) is 0 Å². The second kappa shape index (κ2) is 7.43. The van der Waals surface area contributed by atoms with Crippen molar-refractivity contribution in [3.05, 3.63) is 0 Å². The molecule has 3 nitrogen and oxygen atoms in total. The Bertz CT molecular complexity index is 312. The van der Waals surface area contributed by atoms with Gasteiger partial charge in [0.2, 0.25) is 0 Å². The molecule has 2 fully saturated rings. The molecule has 2 heterocycles. The van der Waals surface area contributed by atoms with Crippen LogP contribution in [0, 0.1) is 11.8 Å². The molecule has 0 amide bonds. The monoisotopic (exact) mass is 295 g/mol. The normalized spacial score (nSPS) is 31.1. The summed E-state index contributed by atoms with van der Waals surface area (Å²) in [4.78, 5) is 5.45. The molecule has 2 aliphatic rings. The lowest BCUT2D eigenvalue weighted by molar-refractivity contribution is 0.0391. The third-order valence-corrected chi connectivity index (χ3v) is 6.09. The average Bonchev–Trinajstić information content (AvgIpc) is 2.94. The molecule has 0 aromatic carbocycles. The Hall–Kier alpha value is -0.120. The highest BCUT2D eigenvalue weighted by Crippen LogP contribution is 2.28. The standard InChI is InChI=1S/C18H37N3/c1-6-18(7-2)14-21(17(11-19-18)15(4)5)13-16-9-10-20(8-3)12-16/h15-17,19H,6-14H2,1-5H3. The molecule has 0 bridgehead atoms. The van der Waals surface area contributed by atoms with Gasteiger partial charge in [0.25, 0.3) is 0 Å². The van der Waals surface area contributed by atoms with Crippen LogP contribution in [0.3, 0.4) is 0 Å². The fraction of sp³-hybridized carbons (Fsp3) is 1.00. The number of piperazine rings is 1. The van der Waals surface area contributed by atoms with Gasteiger partial charge in [0, 0.05) is 37.8 Å². The molecule has 0 aromatic rings. The molecule has 2 atom stereocenters. The number of nitrogens with one attached hydrogen (secondary N) is 1. The topological polar surface area (TPSA) is 18.5 Å². The van der Waals surface area contributed by atoms with E-state index in [0.717, 1.165) is 11.8 Å². The molecule has 124 valence electrons.